The van der Waals surface area contributed by atoms with Gasteiger partial charge in [-0.1, -0.05) is 0 Å². The zero-order chi connectivity index (χ0) is 21.4. The standard InChI is InChI=1S/C20H17N7O3S/c21-10-12-1-3-22-17(7-12)31(28,29)27-14-8-13(9-14)26-18-15-2-4-23-19(15)25-11-16(18)20-24-5-6-30-20/h1-7,11,13-14,27H,8-9H2,(H2,23,25,26)/t13-,14-. The van der Waals surface area contributed by atoms with Gasteiger partial charge < -0.3 is 14.7 Å². The predicted molar refractivity (Wildman–Crippen MR) is 111 cm³/mol. The summed E-state index contributed by atoms with van der Waals surface area (Å²) >= 11 is 0. The Hall–Kier alpha value is -3.75. The van der Waals surface area contributed by atoms with Crippen molar-refractivity contribution < 1.29 is 12.8 Å². The highest BCUT2D eigenvalue weighted by atomic mass is 32.2. The van der Waals surface area contributed by atoms with Gasteiger partial charge in [0.25, 0.3) is 10.0 Å². The Labute approximate surface area is 177 Å². The number of hydrogen-bond donors (Lipinski definition) is 3. The Morgan fingerprint density at radius 2 is 2.03 bits per heavy atom. The van der Waals surface area contributed by atoms with Gasteiger partial charge in [0.05, 0.1) is 29.1 Å². The van der Waals surface area contributed by atoms with Gasteiger partial charge in [-0.05, 0) is 31.0 Å². The summed E-state index contributed by atoms with van der Waals surface area (Å²) in [6, 6.07) is 6.39. The fraction of sp³-hybridized carbons (Fsp3) is 0.200. The molecule has 4 heterocycles. The number of anilines is 1. The molecule has 0 bridgehead atoms. The number of sulfonamides is 1. The lowest BCUT2D eigenvalue weighted by atomic mass is 9.87. The molecule has 0 atom stereocenters. The Bertz CT molecular complexity index is 1380. The quantitative estimate of drug-likeness (QED) is 0.418. The van der Waals surface area contributed by atoms with Crippen LogP contribution in [0.3, 0.4) is 0 Å². The van der Waals surface area contributed by atoms with Gasteiger partial charge >= 0.3 is 0 Å². The highest BCUT2D eigenvalue weighted by Gasteiger charge is 2.34. The molecule has 10 nitrogen and oxygen atoms in total. The summed E-state index contributed by atoms with van der Waals surface area (Å²) in [5.74, 6) is 0.457. The van der Waals surface area contributed by atoms with E-state index in [0.29, 0.717) is 18.7 Å². The summed E-state index contributed by atoms with van der Waals surface area (Å²) in [5.41, 5.74) is 2.55. The number of fused-ring (bicyclic) bond motifs is 1. The van der Waals surface area contributed by atoms with Crippen molar-refractivity contribution in [3.63, 3.8) is 0 Å². The number of H-pyrrole nitrogens is 1. The maximum Gasteiger partial charge on any atom is 0.258 e. The van der Waals surface area contributed by atoms with Gasteiger partial charge in [-0.15, -0.1) is 0 Å². The van der Waals surface area contributed by atoms with Crippen molar-refractivity contribution in [3.05, 3.63) is 54.8 Å². The number of nitrogens with one attached hydrogen (secondary N) is 3. The number of rotatable bonds is 6. The Morgan fingerprint density at radius 1 is 1.16 bits per heavy atom. The van der Waals surface area contributed by atoms with Gasteiger partial charge in [0.2, 0.25) is 5.89 Å². The van der Waals surface area contributed by atoms with Gasteiger partial charge in [-0.2, -0.15) is 5.26 Å². The van der Waals surface area contributed by atoms with Gasteiger partial charge in [0.15, 0.2) is 5.03 Å². The summed E-state index contributed by atoms with van der Waals surface area (Å²) in [4.78, 5) is 15.6. The molecule has 11 heteroatoms. The molecule has 1 saturated carbocycles. The second kappa shape index (κ2) is 7.50. The van der Waals surface area contributed by atoms with Crippen LogP contribution in [0.4, 0.5) is 5.69 Å². The average Bonchev–Trinajstić information content (AvgIpc) is 3.44. The van der Waals surface area contributed by atoms with E-state index in [1.54, 1.807) is 12.4 Å². The molecule has 4 aromatic rings. The van der Waals surface area contributed by atoms with E-state index in [0.717, 1.165) is 22.3 Å². The molecule has 1 fully saturated rings. The van der Waals surface area contributed by atoms with Crippen LogP contribution >= 0.6 is 0 Å². The highest BCUT2D eigenvalue weighted by molar-refractivity contribution is 7.89. The first-order valence-corrected chi connectivity index (χ1v) is 11.0. The van der Waals surface area contributed by atoms with Crippen LogP contribution in [0.1, 0.15) is 18.4 Å². The highest BCUT2D eigenvalue weighted by Crippen LogP contribution is 2.35. The zero-order valence-corrected chi connectivity index (χ0v) is 16.9. The Morgan fingerprint density at radius 3 is 2.81 bits per heavy atom. The van der Waals surface area contributed by atoms with Crippen molar-refractivity contribution in [2.45, 2.75) is 30.0 Å². The molecule has 0 spiro atoms. The lowest BCUT2D eigenvalue weighted by Crippen LogP contribution is -2.49. The molecule has 0 unspecified atom stereocenters. The topological polar surface area (TPSA) is 150 Å². The van der Waals surface area contributed by atoms with Crippen molar-refractivity contribution in [1.82, 2.24) is 24.7 Å². The third-order valence-corrected chi connectivity index (χ3v) is 6.61. The second-order valence-corrected chi connectivity index (χ2v) is 8.91. The first-order valence-electron chi connectivity index (χ1n) is 9.54. The van der Waals surface area contributed by atoms with Gasteiger partial charge in [0, 0.05) is 36.1 Å². The lowest BCUT2D eigenvalue weighted by Gasteiger charge is -2.37. The van der Waals surface area contributed by atoms with E-state index >= 15 is 0 Å². The van der Waals surface area contributed by atoms with E-state index in [1.165, 1.54) is 24.6 Å². The van der Waals surface area contributed by atoms with Crippen LogP contribution in [0.15, 0.2) is 58.7 Å². The van der Waals surface area contributed by atoms with Gasteiger partial charge in [0.1, 0.15) is 11.9 Å². The Kier molecular flexibility index (Phi) is 4.65. The van der Waals surface area contributed by atoms with E-state index in [4.69, 9.17) is 9.68 Å². The smallest absolute Gasteiger partial charge is 0.258 e. The summed E-state index contributed by atoms with van der Waals surface area (Å²) < 4.78 is 33.3. The number of aromatic nitrogens is 4. The van der Waals surface area contributed by atoms with E-state index in [9.17, 15) is 8.42 Å². The number of hydrogen-bond acceptors (Lipinski definition) is 8. The second-order valence-electron chi connectivity index (χ2n) is 7.25. The number of aromatic amines is 1. The lowest BCUT2D eigenvalue weighted by molar-refractivity contribution is 0.346. The molecule has 5 rings (SSSR count). The van der Waals surface area contributed by atoms with Crippen LogP contribution in [-0.2, 0) is 10.0 Å². The molecule has 0 aromatic carbocycles. The minimum atomic E-state index is -3.80. The van der Waals surface area contributed by atoms with Crippen LogP contribution in [0.2, 0.25) is 0 Å². The minimum absolute atomic E-state index is 0.0558. The molecule has 1 aliphatic rings. The molecule has 1 aliphatic carbocycles. The minimum Gasteiger partial charge on any atom is -0.444 e. The van der Waals surface area contributed by atoms with E-state index in [2.05, 4.69) is 30.0 Å². The summed E-state index contributed by atoms with van der Waals surface area (Å²) in [6.07, 6.45) is 9.08. The van der Waals surface area contributed by atoms with Crippen molar-refractivity contribution >= 4 is 26.7 Å². The van der Waals surface area contributed by atoms with Crippen LogP contribution < -0.4 is 10.0 Å². The fourth-order valence-electron chi connectivity index (χ4n) is 3.62. The van der Waals surface area contributed by atoms with Crippen molar-refractivity contribution in [2.75, 3.05) is 5.32 Å². The molecule has 0 saturated heterocycles. The number of nitrogens with zero attached hydrogens (tertiary/aromatic N) is 4. The number of oxazole rings is 1. The summed E-state index contributed by atoms with van der Waals surface area (Å²) in [5, 5.41) is 13.2. The molecule has 4 aromatic heterocycles. The molecule has 0 amide bonds. The number of pyridine rings is 2. The summed E-state index contributed by atoms with van der Waals surface area (Å²) in [6.45, 7) is 0. The number of nitriles is 1. The SMILES string of the molecule is N#Cc1ccnc(S(=O)(=O)N[C@H]2C[C@H](Nc3c(-c4ncco4)cnc4[nH]ccc34)C2)c1. The van der Waals surface area contributed by atoms with E-state index in [-0.39, 0.29) is 22.7 Å². The van der Waals surface area contributed by atoms with Crippen LogP contribution in [0.5, 0.6) is 0 Å². The largest absolute Gasteiger partial charge is 0.444 e. The zero-order valence-electron chi connectivity index (χ0n) is 16.1. The van der Waals surface area contributed by atoms with E-state index < -0.39 is 10.0 Å². The maximum atomic E-state index is 12.6. The molecule has 3 N–H and O–H groups in total. The summed E-state index contributed by atoms with van der Waals surface area (Å²) in [7, 11) is -3.80. The molecule has 0 radical (unpaired) electrons. The average molecular weight is 435 g/mol. The van der Waals surface area contributed by atoms with Crippen molar-refractivity contribution in [2.24, 2.45) is 0 Å². The molecule has 156 valence electrons. The maximum absolute atomic E-state index is 12.6. The molecular weight excluding hydrogens is 418 g/mol. The Balaban J connectivity index is 1.31. The van der Waals surface area contributed by atoms with Crippen LogP contribution in [0.25, 0.3) is 22.5 Å². The van der Waals surface area contributed by atoms with Crippen LogP contribution in [0, 0.1) is 11.3 Å². The third kappa shape index (κ3) is 3.63. The molecule has 31 heavy (non-hydrogen) atoms. The van der Waals surface area contributed by atoms with Crippen molar-refractivity contribution in [1.29, 1.82) is 5.26 Å². The monoisotopic (exact) mass is 435 g/mol. The third-order valence-electron chi connectivity index (χ3n) is 5.20. The fourth-order valence-corrected chi connectivity index (χ4v) is 4.86. The van der Waals surface area contributed by atoms with E-state index in [1.807, 2.05) is 18.3 Å². The molecule has 0 aliphatic heterocycles. The van der Waals surface area contributed by atoms with Crippen molar-refractivity contribution in [3.8, 4) is 17.5 Å². The van der Waals surface area contributed by atoms with Gasteiger partial charge in [-0.3, -0.25) is 0 Å². The first-order chi connectivity index (χ1) is 15.0. The first kappa shape index (κ1) is 19.2. The van der Waals surface area contributed by atoms with Gasteiger partial charge in [-0.25, -0.2) is 28.1 Å². The normalized spacial score (nSPS) is 18.4. The van der Waals surface area contributed by atoms with Crippen LogP contribution in [-0.4, -0.2) is 40.4 Å². The molecular formula is C20H17N7O3S. The predicted octanol–water partition coefficient (Wildman–Crippen LogP) is 2.41.